The van der Waals surface area contributed by atoms with Crippen molar-refractivity contribution in [3.8, 4) is 5.75 Å². The summed E-state index contributed by atoms with van der Waals surface area (Å²) in [4.78, 5) is 15.8. The van der Waals surface area contributed by atoms with Gasteiger partial charge in [-0.05, 0) is 48.7 Å². The lowest BCUT2D eigenvalue weighted by Gasteiger charge is -2.35. The summed E-state index contributed by atoms with van der Waals surface area (Å²) in [6.45, 7) is 2.69. The molecule has 0 fully saturated rings. The van der Waals surface area contributed by atoms with Crippen molar-refractivity contribution >= 4 is 16.9 Å². The third-order valence-electron chi connectivity index (χ3n) is 5.28. The Hall–Kier alpha value is -2.79. The number of aryl methyl sites for hydroxylation is 1. The van der Waals surface area contributed by atoms with E-state index in [2.05, 4.69) is 23.3 Å². The maximum atomic E-state index is 12.4. The molecule has 3 N–H and O–H groups in total. The maximum Gasteiger partial charge on any atom is 0.330 e. The van der Waals surface area contributed by atoms with Gasteiger partial charge in [-0.3, -0.25) is 5.32 Å². The first-order chi connectivity index (χ1) is 12.5. The molecule has 1 atom stereocenters. The molecule has 1 aliphatic rings. The molecule has 4 rings (SSSR count). The van der Waals surface area contributed by atoms with Gasteiger partial charge in [0.2, 0.25) is 0 Å². The summed E-state index contributed by atoms with van der Waals surface area (Å²) < 4.78 is 5.20. The third kappa shape index (κ3) is 2.56. The molecule has 1 aromatic heterocycles. The predicted octanol–water partition coefficient (Wildman–Crippen LogP) is 3.15. The first-order valence-corrected chi connectivity index (χ1v) is 8.76. The summed E-state index contributed by atoms with van der Waals surface area (Å²) >= 11 is 0. The molecule has 2 heterocycles. The molecule has 1 unspecified atom stereocenters. The van der Waals surface area contributed by atoms with Gasteiger partial charge in [0.1, 0.15) is 5.75 Å². The number of carbonyl (C=O) groups is 1. The van der Waals surface area contributed by atoms with Crippen LogP contribution in [0.15, 0.2) is 42.5 Å². The molecule has 0 saturated heterocycles. The van der Waals surface area contributed by atoms with E-state index >= 15 is 0 Å². The average molecular weight is 350 g/mol. The molecule has 0 spiro atoms. The molecule has 0 saturated carbocycles. The molecule has 3 aromatic rings. The lowest BCUT2D eigenvalue weighted by atomic mass is 9.82. The van der Waals surface area contributed by atoms with Crippen molar-refractivity contribution in [2.45, 2.75) is 25.3 Å². The number of aliphatic carboxylic acids is 1. The molecule has 0 aliphatic carbocycles. The monoisotopic (exact) mass is 350 g/mol. The van der Waals surface area contributed by atoms with Crippen LogP contribution in [-0.4, -0.2) is 29.7 Å². The number of hydrogen-bond donors (Lipinski definition) is 3. The van der Waals surface area contributed by atoms with Gasteiger partial charge < -0.3 is 14.8 Å². The Kier molecular flexibility index (Phi) is 3.96. The van der Waals surface area contributed by atoms with Gasteiger partial charge >= 0.3 is 5.97 Å². The van der Waals surface area contributed by atoms with E-state index < -0.39 is 11.5 Å². The third-order valence-corrected chi connectivity index (χ3v) is 5.28. The molecule has 26 heavy (non-hydrogen) atoms. The average Bonchev–Trinajstić information content (AvgIpc) is 3.01. The Balaban J connectivity index is 1.84. The number of carboxylic acids is 1. The number of aromatic amines is 1. The topological polar surface area (TPSA) is 74.3 Å². The van der Waals surface area contributed by atoms with E-state index in [1.807, 2.05) is 36.4 Å². The van der Waals surface area contributed by atoms with Gasteiger partial charge in [-0.2, -0.15) is 0 Å². The number of aromatic nitrogens is 1. The number of fused-ring (bicyclic) bond motifs is 3. The lowest BCUT2D eigenvalue weighted by Crippen LogP contribution is -2.54. The Labute approximate surface area is 152 Å². The molecule has 0 amide bonds. The van der Waals surface area contributed by atoms with Gasteiger partial charge in [0, 0.05) is 23.9 Å². The normalized spacial score (nSPS) is 19.3. The minimum Gasteiger partial charge on any atom is -0.497 e. The maximum absolute atomic E-state index is 12.4. The smallest absolute Gasteiger partial charge is 0.330 e. The van der Waals surface area contributed by atoms with Gasteiger partial charge in [-0.25, -0.2) is 4.79 Å². The zero-order valence-electron chi connectivity index (χ0n) is 14.9. The summed E-state index contributed by atoms with van der Waals surface area (Å²) in [6.07, 6.45) is 1.18. The van der Waals surface area contributed by atoms with Gasteiger partial charge in [-0.15, -0.1) is 0 Å². The van der Waals surface area contributed by atoms with Crippen molar-refractivity contribution < 1.29 is 14.6 Å². The van der Waals surface area contributed by atoms with E-state index in [1.54, 1.807) is 7.11 Å². The van der Waals surface area contributed by atoms with E-state index in [0.29, 0.717) is 13.0 Å². The predicted molar refractivity (Wildman–Crippen MR) is 101 cm³/mol. The lowest BCUT2D eigenvalue weighted by molar-refractivity contribution is -0.145. The Morgan fingerprint density at radius 3 is 2.69 bits per heavy atom. The van der Waals surface area contributed by atoms with E-state index in [0.717, 1.165) is 39.9 Å². The summed E-state index contributed by atoms with van der Waals surface area (Å²) in [5.74, 6) is -0.103. The largest absolute Gasteiger partial charge is 0.497 e. The fourth-order valence-corrected chi connectivity index (χ4v) is 3.93. The molecule has 1 aliphatic heterocycles. The van der Waals surface area contributed by atoms with Gasteiger partial charge in [-0.1, -0.05) is 23.8 Å². The van der Waals surface area contributed by atoms with Crippen LogP contribution in [0.2, 0.25) is 0 Å². The van der Waals surface area contributed by atoms with E-state index in [1.165, 1.54) is 5.56 Å². The van der Waals surface area contributed by atoms with Gasteiger partial charge in [0.25, 0.3) is 0 Å². The first-order valence-electron chi connectivity index (χ1n) is 8.76. The van der Waals surface area contributed by atoms with E-state index in [-0.39, 0.29) is 0 Å². The standard InChI is InChI=1S/C21H22N2O3/c1-13-3-8-18-17(11-13)16-9-10-22-21(20(24)25,19(16)23-18)12-14-4-6-15(26-2)7-5-14/h3-8,11,22-23H,9-10,12H2,1-2H3,(H,24,25). The number of nitrogens with one attached hydrogen (secondary N) is 2. The number of rotatable bonds is 4. The van der Waals surface area contributed by atoms with Crippen LogP contribution in [0.25, 0.3) is 10.9 Å². The van der Waals surface area contributed by atoms with Crippen molar-refractivity contribution in [2.24, 2.45) is 0 Å². The van der Waals surface area contributed by atoms with Crippen LogP contribution in [-0.2, 0) is 23.2 Å². The second kappa shape index (κ2) is 6.18. The summed E-state index contributed by atoms with van der Waals surface area (Å²) in [5, 5.41) is 14.6. The van der Waals surface area contributed by atoms with Crippen LogP contribution in [0.4, 0.5) is 0 Å². The van der Waals surface area contributed by atoms with Crippen molar-refractivity contribution in [1.82, 2.24) is 10.3 Å². The zero-order valence-corrected chi connectivity index (χ0v) is 14.9. The minimum absolute atomic E-state index is 0.366. The number of ether oxygens (including phenoxy) is 1. The zero-order chi connectivity index (χ0) is 18.3. The molecular formula is C21H22N2O3. The number of benzene rings is 2. The molecular weight excluding hydrogens is 328 g/mol. The van der Waals surface area contributed by atoms with Crippen molar-refractivity contribution in [1.29, 1.82) is 0 Å². The number of carboxylic acid groups (broad SMARTS) is 1. The van der Waals surface area contributed by atoms with Gasteiger partial charge in [0.15, 0.2) is 5.54 Å². The van der Waals surface area contributed by atoms with E-state index in [4.69, 9.17) is 4.74 Å². The van der Waals surface area contributed by atoms with Crippen LogP contribution in [0.5, 0.6) is 5.75 Å². The fourth-order valence-electron chi connectivity index (χ4n) is 3.93. The molecule has 134 valence electrons. The van der Waals surface area contributed by atoms with Crippen LogP contribution >= 0.6 is 0 Å². The highest BCUT2D eigenvalue weighted by Crippen LogP contribution is 2.36. The second-order valence-electron chi connectivity index (χ2n) is 6.94. The first kappa shape index (κ1) is 16.7. The molecule has 0 bridgehead atoms. The van der Waals surface area contributed by atoms with E-state index in [9.17, 15) is 9.90 Å². The quantitative estimate of drug-likeness (QED) is 0.676. The van der Waals surface area contributed by atoms with Crippen LogP contribution in [0, 0.1) is 6.92 Å². The van der Waals surface area contributed by atoms with Gasteiger partial charge in [0.05, 0.1) is 12.8 Å². The summed E-state index contributed by atoms with van der Waals surface area (Å²) in [7, 11) is 1.62. The highest BCUT2D eigenvalue weighted by molar-refractivity contribution is 5.90. The van der Waals surface area contributed by atoms with Crippen LogP contribution in [0.3, 0.4) is 0 Å². The Bertz CT molecular complexity index is 975. The molecule has 5 nitrogen and oxygen atoms in total. The van der Waals surface area contributed by atoms with Crippen LogP contribution in [0.1, 0.15) is 22.4 Å². The molecule has 5 heteroatoms. The second-order valence-corrected chi connectivity index (χ2v) is 6.94. The van der Waals surface area contributed by atoms with Crippen molar-refractivity contribution in [3.63, 3.8) is 0 Å². The summed E-state index contributed by atoms with van der Waals surface area (Å²) in [6, 6.07) is 13.8. The Morgan fingerprint density at radius 2 is 2.00 bits per heavy atom. The molecule has 0 radical (unpaired) electrons. The number of hydrogen-bond acceptors (Lipinski definition) is 3. The SMILES string of the molecule is COc1ccc(CC2(C(=O)O)NCCc3c2[nH]c2ccc(C)cc32)cc1. The minimum atomic E-state index is -1.16. The molecule has 2 aromatic carbocycles. The van der Waals surface area contributed by atoms with Crippen molar-refractivity contribution in [2.75, 3.05) is 13.7 Å². The van der Waals surface area contributed by atoms with Crippen LogP contribution < -0.4 is 10.1 Å². The highest BCUT2D eigenvalue weighted by atomic mass is 16.5. The number of H-pyrrole nitrogens is 1. The highest BCUT2D eigenvalue weighted by Gasteiger charge is 2.45. The number of methoxy groups -OCH3 is 1. The summed E-state index contributed by atoms with van der Waals surface area (Å²) in [5.41, 5.74) is 3.84. The fraction of sp³-hybridized carbons (Fsp3) is 0.286. The Morgan fingerprint density at radius 1 is 1.23 bits per heavy atom. The van der Waals surface area contributed by atoms with Crippen molar-refractivity contribution in [3.05, 3.63) is 64.8 Å².